The molecule has 0 bridgehead atoms. The van der Waals surface area contributed by atoms with E-state index in [9.17, 15) is 9.59 Å². The highest BCUT2D eigenvalue weighted by molar-refractivity contribution is 6.74. The molecule has 0 aromatic heterocycles. The van der Waals surface area contributed by atoms with Crippen LogP contribution < -0.4 is 9.47 Å². The fourth-order valence-corrected chi connectivity index (χ4v) is 5.15. The third-order valence-electron chi connectivity index (χ3n) is 6.86. The van der Waals surface area contributed by atoms with Gasteiger partial charge in [-0.1, -0.05) is 26.8 Å². The van der Waals surface area contributed by atoms with Crippen LogP contribution in [0.1, 0.15) is 38.7 Å². The highest BCUT2D eigenvalue weighted by Crippen LogP contribution is 2.48. The fraction of sp³-hybridized carbons (Fsp3) is 0.565. The van der Waals surface area contributed by atoms with Gasteiger partial charge < -0.3 is 13.9 Å². The van der Waals surface area contributed by atoms with Gasteiger partial charge in [-0.3, -0.25) is 14.5 Å². The number of ether oxygens (including phenoxy) is 2. The van der Waals surface area contributed by atoms with Crippen LogP contribution in [0.5, 0.6) is 11.5 Å². The van der Waals surface area contributed by atoms with Gasteiger partial charge in [-0.25, -0.2) is 0 Å². The molecule has 1 aromatic carbocycles. The van der Waals surface area contributed by atoms with Gasteiger partial charge in [0.25, 0.3) is 0 Å². The van der Waals surface area contributed by atoms with Crippen LogP contribution in [0, 0.1) is 11.8 Å². The normalized spacial score (nSPS) is 24.5. The molecule has 3 rings (SSSR count). The molecule has 6 nitrogen and oxygen atoms in total. The summed E-state index contributed by atoms with van der Waals surface area (Å²) in [7, 11) is 2.67. The standard InChI is InChI=1S/C23H33NO5Si/c1-23(2,3)30(7,8)29-15-12-16(14-9-10-18(27-5)19(11-14)28-6)20-17(13-15)21(25)24(4)22(20)26/h9-12,16-17,20H,13H2,1-8H3/t16-,17+,20-/m0/s1. The Hall–Kier alpha value is -2.28. The lowest BCUT2D eigenvalue weighted by atomic mass is 9.73. The first-order chi connectivity index (χ1) is 13.9. The number of fused-ring (bicyclic) bond motifs is 1. The van der Waals surface area contributed by atoms with Crippen molar-refractivity contribution in [2.45, 2.75) is 51.2 Å². The lowest BCUT2D eigenvalue weighted by Crippen LogP contribution is -2.41. The van der Waals surface area contributed by atoms with Gasteiger partial charge in [0.2, 0.25) is 20.1 Å². The van der Waals surface area contributed by atoms with Crippen LogP contribution in [0.25, 0.3) is 0 Å². The number of methoxy groups -OCH3 is 2. The molecule has 0 unspecified atom stereocenters. The Bertz CT molecular complexity index is 886. The first kappa shape index (κ1) is 22.4. The summed E-state index contributed by atoms with van der Waals surface area (Å²) >= 11 is 0. The number of hydrogen-bond acceptors (Lipinski definition) is 5. The molecule has 3 atom stereocenters. The molecular formula is C23H33NO5Si. The molecule has 2 amide bonds. The van der Waals surface area contributed by atoms with Crippen LogP contribution in [0.3, 0.4) is 0 Å². The van der Waals surface area contributed by atoms with Crippen LogP contribution in [-0.4, -0.2) is 46.3 Å². The number of rotatable bonds is 5. The second-order valence-electron chi connectivity index (χ2n) is 9.71. The Morgan fingerprint density at radius 3 is 2.23 bits per heavy atom. The van der Waals surface area contributed by atoms with Crippen molar-refractivity contribution in [1.29, 1.82) is 0 Å². The molecule has 0 radical (unpaired) electrons. The van der Waals surface area contributed by atoms with Gasteiger partial charge in [0.05, 0.1) is 31.8 Å². The number of allylic oxidation sites excluding steroid dienone is 2. The molecule has 1 aliphatic carbocycles. The van der Waals surface area contributed by atoms with Crippen LogP contribution in [0.4, 0.5) is 0 Å². The summed E-state index contributed by atoms with van der Waals surface area (Å²) in [6.07, 6.45) is 2.52. The lowest BCUT2D eigenvalue weighted by Gasteiger charge is -2.40. The highest BCUT2D eigenvalue weighted by Gasteiger charge is 2.52. The predicted octanol–water partition coefficient (Wildman–Crippen LogP) is 4.33. The van der Waals surface area contributed by atoms with Crippen LogP contribution >= 0.6 is 0 Å². The molecule has 164 valence electrons. The van der Waals surface area contributed by atoms with E-state index >= 15 is 0 Å². The van der Waals surface area contributed by atoms with E-state index in [1.165, 1.54) is 4.90 Å². The Labute approximate surface area is 180 Å². The average Bonchev–Trinajstić information content (AvgIpc) is 2.90. The fourth-order valence-electron chi connectivity index (χ4n) is 4.03. The van der Waals surface area contributed by atoms with E-state index in [-0.39, 0.29) is 22.8 Å². The maximum absolute atomic E-state index is 13.0. The van der Waals surface area contributed by atoms with Gasteiger partial charge in [0.1, 0.15) is 0 Å². The van der Waals surface area contributed by atoms with E-state index in [4.69, 9.17) is 13.9 Å². The number of hydrogen-bond donors (Lipinski definition) is 0. The van der Waals surface area contributed by atoms with Crippen LogP contribution in [0.2, 0.25) is 18.1 Å². The number of nitrogens with zero attached hydrogens (tertiary/aromatic N) is 1. The summed E-state index contributed by atoms with van der Waals surface area (Å²) in [6, 6.07) is 5.66. The number of carbonyl (C=O) groups excluding carboxylic acids is 2. The number of likely N-dealkylation sites (tertiary alicyclic amines) is 1. The Kier molecular flexibility index (Phi) is 5.80. The van der Waals surface area contributed by atoms with Crippen LogP contribution in [-0.2, 0) is 14.0 Å². The molecule has 2 aliphatic rings. The third-order valence-corrected chi connectivity index (χ3v) is 11.2. The van der Waals surface area contributed by atoms with Crippen LogP contribution in [0.15, 0.2) is 30.0 Å². The SMILES string of the molecule is COc1ccc([C@@H]2C=C(O[Si](C)(C)C(C)(C)C)C[C@H]3C(=O)N(C)C(=O)[C@H]32)cc1OC. The third kappa shape index (κ3) is 3.75. The molecule has 1 aliphatic heterocycles. The van der Waals surface area contributed by atoms with E-state index in [1.54, 1.807) is 21.3 Å². The largest absolute Gasteiger partial charge is 0.547 e. The second kappa shape index (κ2) is 7.76. The number of carbonyl (C=O) groups is 2. The summed E-state index contributed by atoms with van der Waals surface area (Å²) in [5.41, 5.74) is 0.912. The Balaban J connectivity index is 2.07. The topological polar surface area (TPSA) is 65.1 Å². The van der Waals surface area contributed by atoms with Crippen molar-refractivity contribution in [3.05, 3.63) is 35.6 Å². The number of benzene rings is 1. The van der Waals surface area contributed by atoms with E-state index < -0.39 is 20.2 Å². The predicted molar refractivity (Wildman–Crippen MR) is 118 cm³/mol. The zero-order chi connectivity index (χ0) is 22.4. The quantitative estimate of drug-likeness (QED) is 0.513. The average molecular weight is 432 g/mol. The zero-order valence-electron chi connectivity index (χ0n) is 19.2. The van der Waals surface area contributed by atoms with Gasteiger partial charge in [-0.05, 0) is 41.9 Å². The minimum Gasteiger partial charge on any atom is -0.547 e. The van der Waals surface area contributed by atoms with Crippen molar-refractivity contribution in [2.24, 2.45) is 11.8 Å². The van der Waals surface area contributed by atoms with Crippen molar-refractivity contribution in [1.82, 2.24) is 4.90 Å². The molecule has 1 heterocycles. The maximum Gasteiger partial charge on any atom is 0.250 e. The van der Waals surface area contributed by atoms with E-state index in [0.717, 1.165) is 11.3 Å². The summed E-state index contributed by atoms with van der Waals surface area (Å²) in [5.74, 6) is 0.706. The summed E-state index contributed by atoms with van der Waals surface area (Å²) in [4.78, 5) is 27.1. The van der Waals surface area contributed by atoms with E-state index in [1.807, 2.05) is 24.3 Å². The van der Waals surface area contributed by atoms with Gasteiger partial charge in [-0.2, -0.15) is 0 Å². The lowest BCUT2D eigenvalue weighted by molar-refractivity contribution is -0.138. The molecule has 1 fully saturated rings. The minimum absolute atomic E-state index is 0.0375. The first-order valence-electron chi connectivity index (χ1n) is 10.3. The Morgan fingerprint density at radius 2 is 1.67 bits per heavy atom. The van der Waals surface area contributed by atoms with E-state index in [0.29, 0.717) is 17.9 Å². The van der Waals surface area contributed by atoms with Crippen molar-refractivity contribution >= 4 is 20.1 Å². The summed E-state index contributed by atoms with van der Waals surface area (Å²) in [6.45, 7) is 11.0. The summed E-state index contributed by atoms with van der Waals surface area (Å²) < 4.78 is 17.4. The van der Waals surface area contributed by atoms with E-state index in [2.05, 4.69) is 33.9 Å². The Morgan fingerprint density at radius 1 is 1.03 bits per heavy atom. The molecule has 0 N–H and O–H groups in total. The second-order valence-corrected chi connectivity index (χ2v) is 14.4. The number of amides is 2. The van der Waals surface area contributed by atoms with Crippen molar-refractivity contribution < 1.29 is 23.5 Å². The van der Waals surface area contributed by atoms with Crippen molar-refractivity contribution in [3.63, 3.8) is 0 Å². The number of imide groups is 1. The van der Waals surface area contributed by atoms with Gasteiger partial charge in [0.15, 0.2) is 11.5 Å². The van der Waals surface area contributed by atoms with Crippen molar-refractivity contribution in [3.8, 4) is 11.5 Å². The minimum atomic E-state index is -2.08. The maximum atomic E-state index is 13.0. The van der Waals surface area contributed by atoms with Gasteiger partial charge in [-0.15, -0.1) is 0 Å². The van der Waals surface area contributed by atoms with Crippen molar-refractivity contribution in [2.75, 3.05) is 21.3 Å². The molecule has 1 saturated heterocycles. The van der Waals surface area contributed by atoms with Gasteiger partial charge >= 0.3 is 0 Å². The molecule has 1 aromatic rings. The molecule has 7 heteroatoms. The smallest absolute Gasteiger partial charge is 0.250 e. The monoisotopic (exact) mass is 431 g/mol. The summed E-state index contributed by atoms with van der Waals surface area (Å²) in [5, 5.41) is 0.0375. The van der Waals surface area contributed by atoms with Gasteiger partial charge in [0, 0.05) is 19.4 Å². The molecular weight excluding hydrogens is 398 g/mol. The first-order valence-corrected chi connectivity index (χ1v) is 13.2. The molecule has 30 heavy (non-hydrogen) atoms. The zero-order valence-corrected chi connectivity index (χ0v) is 20.2. The molecule has 0 spiro atoms. The highest BCUT2D eigenvalue weighted by atomic mass is 28.4. The molecule has 0 saturated carbocycles.